The summed E-state index contributed by atoms with van der Waals surface area (Å²) < 4.78 is 33.8. The molecule has 0 spiro atoms. The maximum Gasteiger partial charge on any atom is 0.143 e. The summed E-state index contributed by atoms with van der Waals surface area (Å²) in [4.78, 5) is 6.68. The molecule has 5 rings (SSSR count). The highest BCUT2D eigenvalue weighted by Gasteiger charge is 2.41. The summed E-state index contributed by atoms with van der Waals surface area (Å²) in [5.74, 6) is 1.31. The fourth-order valence-corrected chi connectivity index (χ4v) is 4.97. The summed E-state index contributed by atoms with van der Waals surface area (Å²) in [7, 11) is 1.67. The number of methoxy groups -OCH3 is 1. The van der Waals surface area contributed by atoms with Gasteiger partial charge in [-0.2, -0.15) is 0 Å². The fraction of sp³-hybridized carbons (Fsp3) is 0.345. The molecule has 0 radical (unpaired) electrons. The highest BCUT2D eigenvalue weighted by molar-refractivity contribution is 5.62. The molecule has 2 aliphatic rings. The molecule has 0 amide bonds. The van der Waals surface area contributed by atoms with Crippen molar-refractivity contribution >= 4 is 6.08 Å². The largest absolute Gasteiger partial charge is 0.495 e. The van der Waals surface area contributed by atoms with Crippen LogP contribution < -0.4 is 4.74 Å². The van der Waals surface area contributed by atoms with Crippen LogP contribution in [0.3, 0.4) is 0 Å². The Morgan fingerprint density at radius 3 is 2.72 bits per heavy atom. The lowest BCUT2D eigenvalue weighted by Gasteiger charge is -2.49. The maximum atomic E-state index is 13.7. The second kappa shape index (κ2) is 9.82. The van der Waals surface area contributed by atoms with E-state index in [0.717, 1.165) is 46.1 Å². The molecule has 188 valence electrons. The van der Waals surface area contributed by atoms with Gasteiger partial charge in [-0.05, 0) is 68.7 Å². The molecule has 1 fully saturated rings. The number of nitrogens with zero attached hydrogens (tertiary/aromatic N) is 3. The first-order chi connectivity index (χ1) is 17.4. The molecule has 36 heavy (non-hydrogen) atoms. The van der Waals surface area contributed by atoms with E-state index in [9.17, 15) is 4.39 Å². The minimum Gasteiger partial charge on any atom is -0.495 e. The fourth-order valence-electron chi connectivity index (χ4n) is 4.97. The van der Waals surface area contributed by atoms with E-state index in [1.54, 1.807) is 13.4 Å². The lowest BCUT2D eigenvalue weighted by atomic mass is 9.88. The second-order valence-corrected chi connectivity index (χ2v) is 9.61. The Kier molecular flexibility index (Phi) is 6.58. The van der Waals surface area contributed by atoms with Gasteiger partial charge in [-0.1, -0.05) is 24.3 Å². The summed E-state index contributed by atoms with van der Waals surface area (Å²) in [6.07, 6.45) is 8.74. The molecule has 0 bridgehead atoms. The third kappa shape index (κ3) is 4.63. The van der Waals surface area contributed by atoms with Crippen LogP contribution in [0, 0.1) is 12.7 Å². The zero-order valence-corrected chi connectivity index (χ0v) is 21.2. The van der Waals surface area contributed by atoms with Crippen LogP contribution in [-0.4, -0.2) is 47.4 Å². The van der Waals surface area contributed by atoms with Crippen LogP contribution in [0.25, 0.3) is 11.8 Å². The van der Waals surface area contributed by atoms with Crippen molar-refractivity contribution < 1.29 is 18.6 Å². The van der Waals surface area contributed by atoms with E-state index >= 15 is 0 Å². The number of morpholine rings is 1. The Balaban J connectivity index is 1.55. The number of aryl methyl sites for hydroxylation is 1. The van der Waals surface area contributed by atoms with E-state index < -0.39 is 5.54 Å². The van der Waals surface area contributed by atoms with Gasteiger partial charge in [-0.15, -0.1) is 0 Å². The van der Waals surface area contributed by atoms with E-state index in [-0.39, 0.29) is 11.9 Å². The van der Waals surface area contributed by atoms with Crippen LogP contribution >= 0.6 is 0 Å². The zero-order chi connectivity index (χ0) is 25.3. The van der Waals surface area contributed by atoms with Gasteiger partial charge < -0.3 is 23.7 Å². The Bertz CT molecular complexity index is 1300. The van der Waals surface area contributed by atoms with Gasteiger partial charge in [-0.25, -0.2) is 9.37 Å². The predicted molar refractivity (Wildman–Crippen MR) is 137 cm³/mol. The van der Waals surface area contributed by atoms with Crippen molar-refractivity contribution in [3.63, 3.8) is 0 Å². The molecule has 0 N–H and O–H groups in total. The van der Waals surface area contributed by atoms with Gasteiger partial charge in [-0.3, -0.25) is 0 Å². The van der Waals surface area contributed by atoms with Crippen LogP contribution in [0.15, 0.2) is 72.5 Å². The molecule has 0 saturated carbocycles. The van der Waals surface area contributed by atoms with Crippen LogP contribution in [0.1, 0.15) is 37.1 Å². The van der Waals surface area contributed by atoms with Crippen molar-refractivity contribution in [3.8, 4) is 11.4 Å². The summed E-state index contributed by atoms with van der Waals surface area (Å²) in [6, 6.07) is 12.8. The SMILES string of the molecule is COc1cc(/C=C2\OC(C)CN3C2=CCCOCC3(C)c2ccc(F)cc2)ccc1-n1cnc(C)c1. The minimum atomic E-state index is -0.474. The number of rotatable bonds is 4. The van der Waals surface area contributed by atoms with Crippen molar-refractivity contribution in [2.75, 3.05) is 26.9 Å². The van der Waals surface area contributed by atoms with E-state index in [2.05, 4.69) is 41.9 Å². The monoisotopic (exact) mass is 489 g/mol. The van der Waals surface area contributed by atoms with Crippen molar-refractivity contribution in [2.45, 2.75) is 38.8 Å². The number of imidazole rings is 1. The van der Waals surface area contributed by atoms with Gasteiger partial charge in [0.1, 0.15) is 23.4 Å². The Morgan fingerprint density at radius 2 is 2.00 bits per heavy atom. The standard InChI is InChI=1S/C29H32FN3O3/c1-20-16-32(19-31-20)25-12-7-22(14-27(25)34-4)15-28-26-6-5-13-35-18-29(3,33(26)17-21(2)36-28)23-8-10-24(30)11-9-23/h6-12,14-16,19,21H,5,13,17-18H2,1-4H3/b26-6?,28-15-. The van der Waals surface area contributed by atoms with Gasteiger partial charge in [0.2, 0.25) is 0 Å². The number of hydrogen-bond acceptors (Lipinski definition) is 5. The predicted octanol–water partition coefficient (Wildman–Crippen LogP) is 5.61. The normalized spacial score (nSPS) is 23.4. The summed E-state index contributed by atoms with van der Waals surface area (Å²) in [6.45, 7) is 8.00. The Labute approximate surface area is 211 Å². The molecular formula is C29H32FN3O3. The Hall–Kier alpha value is -3.58. The molecule has 2 atom stereocenters. The molecular weight excluding hydrogens is 457 g/mol. The van der Waals surface area contributed by atoms with Crippen molar-refractivity contribution in [2.24, 2.45) is 0 Å². The number of fused-ring (bicyclic) bond motifs is 1. The third-order valence-electron chi connectivity index (χ3n) is 6.85. The number of halogens is 1. The molecule has 1 saturated heterocycles. The second-order valence-electron chi connectivity index (χ2n) is 9.61. The van der Waals surface area contributed by atoms with Crippen LogP contribution in [0.5, 0.6) is 5.75 Å². The minimum absolute atomic E-state index is 0.0392. The maximum absolute atomic E-state index is 13.7. The molecule has 7 heteroatoms. The van der Waals surface area contributed by atoms with Gasteiger partial charge in [0.15, 0.2) is 0 Å². The van der Waals surface area contributed by atoms with Crippen molar-refractivity contribution in [1.82, 2.24) is 14.5 Å². The average Bonchev–Trinajstić information content (AvgIpc) is 3.29. The molecule has 2 unspecified atom stereocenters. The van der Waals surface area contributed by atoms with Gasteiger partial charge >= 0.3 is 0 Å². The molecule has 2 aromatic carbocycles. The van der Waals surface area contributed by atoms with Crippen LogP contribution in [0.2, 0.25) is 0 Å². The molecule has 1 aromatic heterocycles. The quantitative estimate of drug-likeness (QED) is 0.477. The number of ether oxygens (including phenoxy) is 3. The average molecular weight is 490 g/mol. The van der Waals surface area contributed by atoms with E-state index in [1.807, 2.05) is 42.0 Å². The van der Waals surface area contributed by atoms with Gasteiger partial charge in [0.05, 0.1) is 55.8 Å². The molecule has 0 aliphatic carbocycles. The molecule has 3 heterocycles. The smallest absolute Gasteiger partial charge is 0.143 e. The highest BCUT2D eigenvalue weighted by Crippen LogP contribution is 2.40. The number of aromatic nitrogens is 2. The van der Waals surface area contributed by atoms with Crippen LogP contribution in [-0.2, 0) is 15.0 Å². The number of hydrogen-bond donors (Lipinski definition) is 0. The van der Waals surface area contributed by atoms with E-state index in [1.165, 1.54) is 12.1 Å². The topological polar surface area (TPSA) is 48.8 Å². The lowest BCUT2D eigenvalue weighted by Crippen LogP contribution is -2.53. The zero-order valence-electron chi connectivity index (χ0n) is 21.2. The highest BCUT2D eigenvalue weighted by atomic mass is 19.1. The molecule has 3 aromatic rings. The van der Waals surface area contributed by atoms with Crippen molar-refractivity contribution in [1.29, 1.82) is 0 Å². The summed E-state index contributed by atoms with van der Waals surface area (Å²) >= 11 is 0. The van der Waals surface area contributed by atoms with Gasteiger partial charge in [0.25, 0.3) is 0 Å². The van der Waals surface area contributed by atoms with E-state index in [4.69, 9.17) is 14.2 Å². The summed E-state index contributed by atoms with van der Waals surface area (Å²) in [5.41, 5.74) is 4.39. The van der Waals surface area contributed by atoms with Crippen LogP contribution in [0.4, 0.5) is 4.39 Å². The number of benzene rings is 2. The molecule has 2 aliphatic heterocycles. The Morgan fingerprint density at radius 1 is 1.19 bits per heavy atom. The van der Waals surface area contributed by atoms with Gasteiger partial charge in [0, 0.05) is 6.20 Å². The third-order valence-corrected chi connectivity index (χ3v) is 6.85. The van der Waals surface area contributed by atoms with Crippen molar-refractivity contribution in [3.05, 3.63) is 95.2 Å². The first-order valence-electron chi connectivity index (χ1n) is 12.3. The summed E-state index contributed by atoms with van der Waals surface area (Å²) in [5, 5.41) is 0. The molecule has 6 nitrogen and oxygen atoms in total. The first kappa shape index (κ1) is 24.1. The van der Waals surface area contributed by atoms with E-state index in [0.29, 0.717) is 19.8 Å². The first-order valence-corrected chi connectivity index (χ1v) is 12.3. The lowest BCUT2D eigenvalue weighted by molar-refractivity contribution is -0.0362.